The molecule has 0 saturated carbocycles. The number of fused-ring (bicyclic) bond motifs is 4. The van der Waals surface area contributed by atoms with Crippen LogP contribution in [0.25, 0.3) is 10.9 Å². The highest BCUT2D eigenvalue weighted by Gasteiger charge is 2.37. The number of aromatic hydroxyl groups is 1. The number of methoxy groups -OCH3 is 1. The Labute approximate surface area is 381 Å². The van der Waals surface area contributed by atoms with E-state index in [-0.39, 0.29) is 55.1 Å². The van der Waals surface area contributed by atoms with Crippen molar-refractivity contribution < 1.29 is 43.5 Å². The molecule has 3 aliphatic rings. The molecule has 342 valence electrons. The predicted molar refractivity (Wildman–Crippen MR) is 247 cm³/mol. The number of hydrogen-bond acceptors (Lipinski definition) is 12. The summed E-state index contributed by atoms with van der Waals surface area (Å²) in [6, 6.07) is 34.8. The van der Waals surface area contributed by atoms with Gasteiger partial charge in [0, 0.05) is 42.2 Å². The van der Waals surface area contributed by atoms with E-state index in [1.165, 1.54) is 19.2 Å². The Bertz CT molecular complexity index is 2700. The average molecular weight is 896 g/mol. The second-order valence-corrected chi connectivity index (χ2v) is 16.5. The molecule has 15 nitrogen and oxygen atoms in total. The van der Waals surface area contributed by atoms with Crippen LogP contribution in [0.1, 0.15) is 73.5 Å². The number of benzene rings is 5. The first-order valence-corrected chi connectivity index (χ1v) is 22.0. The molecule has 2 amide bonds. The van der Waals surface area contributed by atoms with Crippen LogP contribution in [0, 0.1) is 5.92 Å². The van der Waals surface area contributed by atoms with E-state index in [4.69, 9.17) is 18.9 Å². The highest BCUT2D eigenvalue weighted by atomic mass is 16.6. The molecule has 9 rings (SSSR count). The monoisotopic (exact) mass is 895 g/mol. The standard InChI is InChI=1S/C51H53N5O10/c1-63-44-27-37(14-15-38(44)28-52-29-43(58)40-16-18-42(57)48-41(40)17-19-46(59)54-48)49(60)53-22-25-64-50(61)35-12-10-32(11-13-35)31-65-39-9-5-8-36(26-39)47(34-6-3-2-4-7-34)55-51(62)66-45-30-56-23-20-33(45)21-24-56/h2-19,26-27,33,43,45,47,52,57-58H,20-25,28-31H2,1H3,(H,53,60)(H,54,59)(H,55,62)/t43?,45-,47?/m0/s1. The number of nitrogens with one attached hydrogen (secondary N) is 4. The molecule has 6 N–H and O–H groups in total. The highest BCUT2D eigenvalue weighted by Crippen LogP contribution is 2.32. The van der Waals surface area contributed by atoms with Crippen molar-refractivity contribution in [3.05, 3.63) is 171 Å². The molecule has 2 unspecified atom stereocenters. The smallest absolute Gasteiger partial charge is 0.408 e. The number of aromatic nitrogens is 1. The minimum absolute atomic E-state index is 0.0457. The van der Waals surface area contributed by atoms with E-state index >= 15 is 0 Å². The van der Waals surface area contributed by atoms with Crippen molar-refractivity contribution in [2.24, 2.45) is 5.92 Å². The fraction of sp³-hybridized carbons (Fsp3) is 0.294. The van der Waals surface area contributed by atoms with E-state index in [2.05, 4.69) is 25.8 Å². The number of aliphatic hydroxyl groups is 1. The van der Waals surface area contributed by atoms with Gasteiger partial charge in [-0.25, -0.2) is 9.59 Å². The quantitative estimate of drug-likeness (QED) is 0.0426. The number of phenolic OH excluding ortho intramolecular Hbond substituents is 1. The van der Waals surface area contributed by atoms with Gasteiger partial charge in [-0.2, -0.15) is 0 Å². The number of aliphatic hydroxyl groups excluding tert-OH is 1. The maximum absolute atomic E-state index is 13.2. The lowest BCUT2D eigenvalue weighted by Crippen LogP contribution is -2.52. The lowest BCUT2D eigenvalue weighted by Gasteiger charge is -2.43. The number of H-pyrrole nitrogens is 1. The first-order chi connectivity index (χ1) is 32.1. The van der Waals surface area contributed by atoms with Crippen LogP contribution >= 0.6 is 0 Å². The van der Waals surface area contributed by atoms with Crippen molar-refractivity contribution in [2.75, 3.05) is 46.4 Å². The van der Waals surface area contributed by atoms with Gasteiger partial charge in [0.2, 0.25) is 5.56 Å². The van der Waals surface area contributed by atoms with Crippen LogP contribution in [-0.2, 0) is 22.6 Å². The number of carbonyl (C=O) groups excluding carboxylic acids is 3. The van der Waals surface area contributed by atoms with Crippen LogP contribution in [0.2, 0.25) is 0 Å². The van der Waals surface area contributed by atoms with Gasteiger partial charge in [0.1, 0.15) is 36.6 Å². The number of pyridine rings is 1. The van der Waals surface area contributed by atoms with Gasteiger partial charge in [-0.05, 0) is 103 Å². The van der Waals surface area contributed by atoms with Gasteiger partial charge in [-0.3, -0.25) is 14.5 Å². The number of ether oxygens (including phenoxy) is 4. The molecule has 0 radical (unpaired) electrons. The van der Waals surface area contributed by atoms with Crippen molar-refractivity contribution in [3.63, 3.8) is 0 Å². The maximum Gasteiger partial charge on any atom is 0.408 e. The Hall–Kier alpha value is -7.20. The van der Waals surface area contributed by atoms with Crippen LogP contribution in [0.5, 0.6) is 17.2 Å². The summed E-state index contributed by atoms with van der Waals surface area (Å²) in [6.45, 7) is 3.67. The second-order valence-electron chi connectivity index (χ2n) is 16.5. The van der Waals surface area contributed by atoms with E-state index in [9.17, 15) is 29.4 Å². The summed E-state index contributed by atoms with van der Waals surface area (Å²) in [5, 5.41) is 30.6. The molecule has 5 aromatic carbocycles. The average Bonchev–Trinajstić information content (AvgIpc) is 3.35. The van der Waals surface area contributed by atoms with Gasteiger partial charge in [0.05, 0.1) is 36.9 Å². The molecular weight excluding hydrogens is 843 g/mol. The van der Waals surface area contributed by atoms with E-state index in [1.807, 2.05) is 54.6 Å². The molecule has 15 heteroatoms. The molecule has 6 aromatic rings. The fourth-order valence-electron chi connectivity index (χ4n) is 8.55. The second kappa shape index (κ2) is 21.2. The Balaban J connectivity index is 0.777. The summed E-state index contributed by atoms with van der Waals surface area (Å²) < 4.78 is 23.1. The van der Waals surface area contributed by atoms with Crippen molar-refractivity contribution >= 4 is 28.9 Å². The fourth-order valence-corrected chi connectivity index (χ4v) is 8.55. The van der Waals surface area contributed by atoms with E-state index in [1.54, 1.807) is 54.6 Å². The first-order valence-electron chi connectivity index (χ1n) is 22.0. The molecule has 2 bridgehead atoms. The zero-order valence-corrected chi connectivity index (χ0v) is 36.5. The minimum Gasteiger partial charge on any atom is -0.506 e. The number of phenols is 1. The van der Waals surface area contributed by atoms with Gasteiger partial charge in [-0.15, -0.1) is 0 Å². The number of rotatable bonds is 18. The molecular formula is C51H53N5O10. The van der Waals surface area contributed by atoms with Gasteiger partial charge in [0.25, 0.3) is 5.91 Å². The molecule has 3 saturated heterocycles. The van der Waals surface area contributed by atoms with Crippen molar-refractivity contribution in [3.8, 4) is 17.2 Å². The SMILES string of the molecule is COc1cc(C(=O)NCCOC(=O)c2ccc(COc3cccc(C(NC(=O)O[C@H]4CN5CCC4CC5)c4ccccc4)c3)cc2)ccc1CNCC(O)c1ccc(O)c2[nH]c(=O)ccc12. The van der Waals surface area contributed by atoms with Crippen LogP contribution in [-0.4, -0.2) is 90.6 Å². The Morgan fingerprint density at radius 1 is 0.864 bits per heavy atom. The van der Waals surface area contributed by atoms with E-state index in [0.717, 1.165) is 54.7 Å². The number of hydrogen-bond donors (Lipinski definition) is 6. The Morgan fingerprint density at radius 3 is 2.39 bits per heavy atom. The third-order valence-electron chi connectivity index (χ3n) is 12.1. The zero-order chi connectivity index (χ0) is 46.0. The molecule has 0 spiro atoms. The van der Waals surface area contributed by atoms with Crippen LogP contribution in [0.4, 0.5) is 4.79 Å². The number of piperidine rings is 3. The molecule has 4 heterocycles. The first kappa shape index (κ1) is 45.4. The summed E-state index contributed by atoms with van der Waals surface area (Å²) in [5.74, 6) is 0.491. The number of carbonyl (C=O) groups is 3. The molecule has 66 heavy (non-hydrogen) atoms. The van der Waals surface area contributed by atoms with Gasteiger partial charge >= 0.3 is 12.1 Å². The minimum atomic E-state index is -0.942. The van der Waals surface area contributed by atoms with Crippen LogP contribution in [0.3, 0.4) is 0 Å². The topological polar surface area (TPSA) is 201 Å². The summed E-state index contributed by atoms with van der Waals surface area (Å²) in [7, 11) is 1.50. The predicted octanol–water partition coefficient (Wildman–Crippen LogP) is 6.14. The third kappa shape index (κ3) is 11.2. The van der Waals surface area contributed by atoms with E-state index in [0.29, 0.717) is 46.0 Å². The molecule has 1 aromatic heterocycles. The molecule has 3 atom stereocenters. The Kier molecular flexibility index (Phi) is 14.6. The van der Waals surface area contributed by atoms with Gasteiger partial charge in [-0.1, -0.05) is 66.7 Å². The largest absolute Gasteiger partial charge is 0.506 e. The van der Waals surface area contributed by atoms with Gasteiger partial charge in [0.15, 0.2) is 0 Å². The van der Waals surface area contributed by atoms with Crippen LogP contribution < -0.4 is 31.0 Å². The summed E-state index contributed by atoms with van der Waals surface area (Å²) in [5.41, 5.74) is 4.48. The Morgan fingerprint density at radius 2 is 1.64 bits per heavy atom. The number of amides is 2. The number of esters is 1. The van der Waals surface area contributed by atoms with Gasteiger partial charge < -0.3 is 50.1 Å². The van der Waals surface area contributed by atoms with Crippen molar-refractivity contribution in [1.82, 2.24) is 25.8 Å². The summed E-state index contributed by atoms with van der Waals surface area (Å²) >= 11 is 0. The lowest BCUT2D eigenvalue weighted by molar-refractivity contribution is -0.0336. The lowest BCUT2D eigenvalue weighted by atomic mass is 9.86. The maximum atomic E-state index is 13.2. The number of alkyl carbamates (subject to hydrolysis) is 1. The number of aromatic amines is 1. The highest BCUT2D eigenvalue weighted by molar-refractivity contribution is 5.95. The summed E-state index contributed by atoms with van der Waals surface area (Å²) in [6.07, 6.45) is 0.618. The normalized spacial score (nSPS) is 17.3. The van der Waals surface area contributed by atoms with E-state index < -0.39 is 24.2 Å². The van der Waals surface area contributed by atoms with Crippen molar-refractivity contribution in [1.29, 1.82) is 0 Å². The number of nitrogens with zero attached hydrogens (tertiary/aromatic N) is 1. The zero-order valence-electron chi connectivity index (χ0n) is 36.5. The third-order valence-corrected chi connectivity index (χ3v) is 12.1. The van der Waals surface area contributed by atoms with Crippen LogP contribution in [0.15, 0.2) is 126 Å². The van der Waals surface area contributed by atoms with Crippen molar-refractivity contribution in [2.45, 2.75) is 44.2 Å². The summed E-state index contributed by atoms with van der Waals surface area (Å²) in [4.78, 5) is 55.8. The molecule has 3 aliphatic heterocycles. The molecule has 3 fully saturated rings. The molecule has 0 aliphatic carbocycles.